The van der Waals surface area contributed by atoms with E-state index in [1.165, 1.54) is 0 Å². The van der Waals surface area contributed by atoms with Crippen LogP contribution in [0.2, 0.25) is 0 Å². The van der Waals surface area contributed by atoms with E-state index in [9.17, 15) is 4.79 Å². The summed E-state index contributed by atoms with van der Waals surface area (Å²) in [5.74, 6) is 0.0279. The van der Waals surface area contributed by atoms with Crippen LogP contribution in [0.15, 0.2) is 66.2 Å². The lowest BCUT2D eigenvalue weighted by Gasteiger charge is -2.27. The predicted molar refractivity (Wildman–Crippen MR) is 106 cm³/mol. The molecular weight excluding hydrogens is 342 g/mol. The SMILES string of the molecule is O=C(Nc1ccc(-c2nccs2)cc1)C(c1ccccc1)N1CCCC1. The number of aromatic nitrogens is 1. The first-order chi connectivity index (χ1) is 12.8. The lowest BCUT2D eigenvalue weighted by atomic mass is 10.0. The van der Waals surface area contributed by atoms with Gasteiger partial charge in [-0.05, 0) is 55.8 Å². The second-order valence-electron chi connectivity index (χ2n) is 6.46. The van der Waals surface area contributed by atoms with Gasteiger partial charge in [-0.3, -0.25) is 9.69 Å². The number of anilines is 1. The van der Waals surface area contributed by atoms with Crippen molar-refractivity contribution in [2.45, 2.75) is 18.9 Å². The minimum atomic E-state index is -0.239. The maximum Gasteiger partial charge on any atom is 0.246 e. The van der Waals surface area contributed by atoms with Gasteiger partial charge in [-0.25, -0.2) is 4.98 Å². The van der Waals surface area contributed by atoms with Crippen LogP contribution in [0.25, 0.3) is 10.6 Å². The summed E-state index contributed by atoms with van der Waals surface area (Å²) in [6.07, 6.45) is 4.11. The van der Waals surface area contributed by atoms with Gasteiger partial charge < -0.3 is 5.32 Å². The number of rotatable bonds is 5. The summed E-state index contributed by atoms with van der Waals surface area (Å²) in [6, 6.07) is 17.7. The number of likely N-dealkylation sites (tertiary alicyclic amines) is 1. The molecule has 1 aliphatic heterocycles. The van der Waals surface area contributed by atoms with Crippen molar-refractivity contribution in [2.24, 2.45) is 0 Å². The molecule has 3 aromatic rings. The number of carbonyl (C=O) groups excluding carboxylic acids is 1. The van der Waals surface area contributed by atoms with Gasteiger partial charge in [0.2, 0.25) is 5.91 Å². The molecule has 26 heavy (non-hydrogen) atoms. The van der Waals surface area contributed by atoms with E-state index in [0.717, 1.165) is 47.8 Å². The summed E-state index contributed by atoms with van der Waals surface area (Å²) in [4.78, 5) is 19.6. The normalized spacial score (nSPS) is 15.7. The minimum absolute atomic E-state index is 0.0279. The van der Waals surface area contributed by atoms with Crippen LogP contribution in [0.3, 0.4) is 0 Å². The molecule has 1 saturated heterocycles. The highest BCUT2D eigenvalue weighted by molar-refractivity contribution is 7.13. The number of thiazole rings is 1. The number of amides is 1. The molecule has 1 aromatic heterocycles. The molecule has 0 spiro atoms. The summed E-state index contributed by atoms with van der Waals surface area (Å²) in [6.45, 7) is 1.94. The van der Waals surface area contributed by atoms with Crippen LogP contribution in [-0.2, 0) is 4.79 Å². The minimum Gasteiger partial charge on any atom is -0.324 e. The second-order valence-corrected chi connectivity index (χ2v) is 7.35. The number of carbonyl (C=O) groups is 1. The van der Waals surface area contributed by atoms with Crippen molar-refractivity contribution in [3.63, 3.8) is 0 Å². The molecule has 1 N–H and O–H groups in total. The lowest BCUT2D eigenvalue weighted by molar-refractivity contribution is -0.121. The molecule has 1 amide bonds. The summed E-state index contributed by atoms with van der Waals surface area (Å²) in [7, 11) is 0. The van der Waals surface area contributed by atoms with Gasteiger partial charge in [-0.15, -0.1) is 11.3 Å². The molecule has 4 rings (SSSR count). The standard InChI is InChI=1S/C21H21N3OS/c25-20(19(24-13-4-5-14-24)16-6-2-1-3-7-16)23-18-10-8-17(9-11-18)21-22-12-15-26-21/h1-3,6-12,15,19H,4-5,13-14H2,(H,23,25). The number of benzene rings is 2. The summed E-state index contributed by atoms with van der Waals surface area (Å²) >= 11 is 1.61. The van der Waals surface area contributed by atoms with E-state index in [1.807, 2.05) is 60.0 Å². The fourth-order valence-corrected chi connectivity index (χ4v) is 4.08. The van der Waals surface area contributed by atoms with Gasteiger partial charge in [0.15, 0.2) is 0 Å². The Morgan fingerprint density at radius 2 is 1.77 bits per heavy atom. The van der Waals surface area contributed by atoms with E-state index in [0.29, 0.717) is 0 Å². The van der Waals surface area contributed by atoms with E-state index in [4.69, 9.17) is 0 Å². The van der Waals surface area contributed by atoms with Crippen LogP contribution >= 0.6 is 11.3 Å². The van der Waals surface area contributed by atoms with Crippen molar-refractivity contribution in [1.29, 1.82) is 0 Å². The van der Waals surface area contributed by atoms with Gasteiger partial charge in [0.1, 0.15) is 11.0 Å². The highest BCUT2D eigenvalue weighted by Crippen LogP contribution is 2.28. The maximum absolute atomic E-state index is 13.1. The zero-order chi connectivity index (χ0) is 17.8. The summed E-state index contributed by atoms with van der Waals surface area (Å²) in [5, 5.41) is 6.04. The monoisotopic (exact) mass is 363 g/mol. The van der Waals surface area contributed by atoms with Crippen LogP contribution in [0, 0.1) is 0 Å². The van der Waals surface area contributed by atoms with Gasteiger partial charge in [0, 0.05) is 22.8 Å². The Kier molecular flexibility index (Phi) is 5.09. The van der Waals surface area contributed by atoms with E-state index >= 15 is 0 Å². The van der Waals surface area contributed by atoms with E-state index in [1.54, 1.807) is 17.5 Å². The van der Waals surface area contributed by atoms with Crippen molar-refractivity contribution < 1.29 is 4.79 Å². The molecule has 0 saturated carbocycles. The Labute approximate surface area is 157 Å². The smallest absolute Gasteiger partial charge is 0.246 e. The third-order valence-electron chi connectivity index (χ3n) is 4.70. The van der Waals surface area contributed by atoms with Crippen LogP contribution in [0.1, 0.15) is 24.4 Å². The first-order valence-electron chi connectivity index (χ1n) is 8.91. The van der Waals surface area contributed by atoms with E-state index in [-0.39, 0.29) is 11.9 Å². The number of nitrogens with one attached hydrogen (secondary N) is 1. The number of nitrogens with zero attached hydrogens (tertiary/aromatic N) is 2. The van der Waals surface area contributed by atoms with Crippen LogP contribution in [0.5, 0.6) is 0 Å². The van der Waals surface area contributed by atoms with Gasteiger partial charge in [0.25, 0.3) is 0 Å². The van der Waals surface area contributed by atoms with Gasteiger partial charge >= 0.3 is 0 Å². The maximum atomic E-state index is 13.1. The van der Waals surface area contributed by atoms with E-state index in [2.05, 4.69) is 15.2 Å². The number of hydrogen-bond acceptors (Lipinski definition) is 4. The van der Waals surface area contributed by atoms with Crippen molar-refractivity contribution in [3.8, 4) is 10.6 Å². The van der Waals surface area contributed by atoms with Crippen molar-refractivity contribution in [3.05, 3.63) is 71.7 Å². The fourth-order valence-electron chi connectivity index (χ4n) is 3.44. The lowest BCUT2D eigenvalue weighted by Crippen LogP contribution is -2.35. The summed E-state index contributed by atoms with van der Waals surface area (Å²) in [5.41, 5.74) is 2.93. The zero-order valence-electron chi connectivity index (χ0n) is 14.5. The predicted octanol–water partition coefficient (Wildman–Crippen LogP) is 4.59. The Balaban J connectivity index is 1.52. The first-order valence-corrected chi connectivity index (χ1v) is 9.79. The molecule has 0 aliphatic carbocycles. The molecule has 1 aliphatic rings. The number of hydrogen-bond donors (Lipinski definition) is 1. The molecule has 0 bridgehead atoms. The van der Waals surface area contributed by atoms with Crippen LogP contribution < -0.4 is 5.32 Å². The molecule has 2 heterocycles. The van der Waals surface area contributed by atoms with Gasteiger partial charge in [-0.2, -0.15) is 0 Å². The molecule has 2 aromatic carbocycles. The quantitative estimate of drug-likeness (QED) is 0.721. The molecular formula is C21H21N3OS. The third kappa shape index (κ3) is 3.69. The molecule has 1 atom stereocenters. The molecule has 1 fully saturated rings. The van der Waals surface area contributed by atoms with Crippen molar-refractivity contribution in [2.75, 3.05) is 18.4 Å². The average Bonchev–Trinajstić information content (AvgIpc) is 3.38. The first kappa shape index (κ1) is 16.9. The van der Waals surface area contributed by atoms with Gasteiger partial charge in [-0.1, -0.05) is 30.3 Å². The van der Waals surface area contributed by atoms with Crippen LogP contribution in [0.4, 0.5) is 5.69 Å². The third-order valence-corrected chi connectivity index (χ3v) is 5.52. The Hall–Kier alpha value is -2.50. The zero-order valence-corrected chi connectivity index (χ0v) is 15.3. The Bertz CT molecular complexity index is 841. The molecule has 5 heteroatoms. The van der Waals surface area contributed by atoms with Crippen molar-refractivity contribution >= 4 is 22.9 Å². The van der Waals surface area contributed by atoms with E-state index < -0.39 is 0 Å². The molecule has 1 unspecified atom stereocenters. The Morgan fingerprint density at radius 1 is 1.04 bits per heavy atom. The molecule has 132 valence electrons. The van der Waals surface area contributed by atoms with Crippen LogP contribution in [-0.4, -0.2) is 28.9 Å². The Morgan fingerprint density at radius 3 is 2.42 bits per heavy atom. The topological polar surface area (TPSA) is 45.2 Å². The van der Waals surface area contributed by atoms with Crippen molar-refractivity contribution in [1.82, 2.24) is 9.88 Å². The molecule has 0 radical (unpaired) electrons. The second kappa shape index (κ2) is 7.81. The summed E-state index contributed by atoms with van der Waals surface area (Å²) < 4.78 is 0. The largest absolute Gasteiger partial charge is 0.324 e. The van der Waals surface area contributed by atoms with Gasteiger partial charge in [0.05, 0.1) is 0 Å². The highest BCUT2D eigenvalue weighted by atomic mass is 32.1. The molecule has 4 nitrogen and oxygen atoms in total. The fraction of sp³-hybridized carbons (Fsp3) is 0.238. The highest BCUT2D eigenvalue weighted by Gasteiger charge is 2.29. The average molecular weight is 363 g/mol.